The van der Waals surface area contributed by atoms with Crippen LogP contribution in [0, 0.1) is 6.92 Å². The average molecular weight is 399 g/mol. The van der Waals surface area contributed by atoms with Crippen LogP contribution < -0.4 is 20.5 Å². The second-order valence-electron chi connectivity index (χ2n) is 5.65. The van der Waals surface area contributed by atoms with Crippen LogP contribution in [0.4, 0.5) is 0 Å². The van der Waals surface area contributed by atoms with Gasteiger partial charge in [-0.25, -0.2) is 0 Å². The van der Waals surface area contributed by atoms with Crippen molar-refractivity contribution >= 4 is 29.9 Å². The maximum atomic E-state index is 12.3. The first-order chi connectivity index (χ1) is 12.0. The van der Waals surface area contributed by atoms with Crippen molar-refractivity contribution in [2.75, 3.05) is 13.7 Å². The minimum atomic E-state index is -0.722. The standard InChI is InChI=1S/C19H23ClN2O3.ClH/c1-4-25-18-15(20)9-13(10-16(18)24-3)11-22-19(23)17(21)14-7-5-12(2)6-8-14;/h5-10,17H,4,11,21H2,1-3H3,(H,22,23);1H. The van der Waals surface area contributed by atoms with Gasteiger partial charge in [0.05, 0.1) is 18.7 Å². The molecule has 7 heteroatoms. The van der Waals surface area contributed by atoms with E-state index >= 15 is 0 Å². The van der Waals surface area contributed by atoms with Gasteiger partial charge >= 0.3 is 0 Å². The van der Waals surface area contributed by atoms with E-state index in [1.165, 1.54) is 0 Å². The molecule has 1 atom stereocenters. The Hall–Kier alpha value is -1.95. The maximum Gasteiger partial charge on any atom is 0.241 e. The number of nitrogens with one attached hydrogen (secondary N) is 1. The zero-order valence-electron chi connectivity index (χ0n) is 15.0. The number of carbonyl (C=O) groups excluding carboxylic acids is 1. The Morgan fingerprint density at radius 1 is 1.27 bits per heavy atom. The fraction of sp³-hybridized carbons (Fsp3) is 0.316. The van der Waals surface area contributed by atoms with Crippen LogP contribution in [0.1, 0.15) is 29.7 Å². The number of carbonyl (C=O) groups is 1. The van der Waals surface area contributed by atoms with Crippen LogP contribution in [0.15, 0.2) is 36.4 Å². The minimum absolute atomic E-state index is 0. The number of methoxy groups -OCH3 is 1. The molecule has 0 fully saturated rings. The van der Waals surface area contributed by atoms with Crippen LogP contribution in [0.3, 0.4) is 0 Å². The Balaban J connectivity index is 0.00000338. The predicted octanol–water partition coefficient (Wildman–Crippen LogP) is 3.79. The first-order valence-corrected chi connectivity index (χ1v) is 8.43. The van der Waals surface area contributed by atoms with Crippen LogP contribution in [0.2, 0.25) is 5.02 Å². The van der Waals surface area contributed by atoms with Crippen molar-refractivity contribution < 1.29 is 14.3 Å². The summed E-state index contributed by atoms with van der Waals surface area (Å²) < 4.78 is 10.8. The van der Waals surface area contributed by atoms with Crippen LogP contribution in [-0.4, -0.2) is 19.6 Å². The third-order valence-corrected chi connectivity index (χ3v) is 4.04. The van der Waals surface area contributed by atoms with Crippen LogP contribution in [0.5, 0.6) is 11.5 Å². The number of benzene rings is 2. The number of ether oxygens (including phenoxy) is 2. The number of aryl methyl sites for hydroxylation is 1. The molecule has 26 heavy (non-hydrogen) atoms. The zero-order valence-corrected chi connectivity index (χ0v) is 16.6. The Morgan fingerprint density at radius 3 is 2.50 bits per heavy atom. The van der Waals surface area contributed by atoms with Gasteiger partial charge in [-0.05, 0) is 37.1 Å². The maximum absolute atomic E-state index is 12.3. The van der Waals surface area contributed by atoms with Gasteiger partial charge in [0.1, 0.15) is 6.04 Å². The van der Waals surface area contributed by atoms with Crippen molar-refractivity contribution in [1.82, 2.24) is 5.32 Å². The summed E-state index contributed by atoms with van der Waals surface area (Å²) in [7, 11) is 1.55. The molecule has 1 amide bonds. The Bertz CT molecular complexity index is 736. The number of rotatable bonds is 7. The van der Waals surface area contributed by atoms with Crippen LogP contribution >= 0.6 is 24.0 Å². The summed E-state index contributed by atoms with van der Waals surface area (Å²) in [5.41, 5.74) is 8.71. The minimum Gasteiger partial charge on any atom is -0.493 e. The molecule has 0 radical (unpaired) electrons. The molecular weight excluding hydrogens is 375 g/mol. The summed E-state index contributed by atoms with van der Waals surface area (Å²) in [6, 6.07) is 10.4. The second kappa shape index (κ2) is 10.3. The summed E-state index contributed by atoms with van der Waals surface area (Å²) in [5.74, 6) is 0.771. The fourth-order valence-electron chi connectivity index (χ4n) is 2.38. The van der Waals surface area contributed by atoms with E-state index < -0.39 is 6.04 Å². The van der Waals surface area contributed by atoms with E-state index in [2.05, 4.69) is 5.32 Å². The van der Waals surface area contributed by atoms with Crippen molar-refractivity contribution in [2.45, 2.75) is 26.4 Å². The zero-order chi connectivity index (χ0) is 18.4. The third kappa shape index (κ3) is 5.53. The van der Waals surface area contributed by atoms with Gasteiger partial charge in [-0.3, -0.25) is 4.79 Å². The largest absolute Gasteiger partial charge is 0.493 e. The monoisotopic (exact) mass is 398 g/mol. The summed E-state index contributed by atoms with van der Waals surface area (Å²) in [6.07, 6.45) is 0. The second-order valence-corrected chi connectivity index (χ2v) is 6.06. The highest BCUT2D eigenvalue weighted by atomic mass is 35.5. The molecule has 142 valence electrons. The van der Waals surface area contributed by atoms with E-state index in [4.69, 9.17) is 26.8 Å². The molecule has 0 aliphatic carbocycles. The lowest BCUT2D eigenvalue weighted by molar-refractivity contribution is -0.122. The number of halogens is 2. The quantitative estimate of drug-likeness (QED) is 0.743. The SMILES string of the molecule is CCOc1c(Cl)cc(CNC(=O)C(N)c2ccc(C)cc2)cc1OC.Cl. The summed E-state index contributed by atoms with van der Waals surface area (Å²) >= 11 is 6.24. The first kappa shape index (κ1) is 22.1. The normalized spacial score (nSPS) is 11.3. The van der Waals surface area contributed by atoms with Gasteiger partial charge in [0.2, 0.25) is 5.91 Å². The first-order valence-electron chi connectivity index (χ1n) is 8.05. The third-order valence-electron chi connectivity index (χ3n) is 3.76. The van der Waals surface area contributed by atoms with Gasteiger partial charge in [-0.1, -0.05) is 41.4 Å². The van der Waals surface area contributed by atoms with Gasteiger partial charge < -0.3 is 20.5 Å². The highest BCUT2D eigenvalue weighted by molar-refractivity contribution is 6.32. The highest BCUT2D eigenvalue weighted by Crippen LogP contribution is 2.36. The molecule has 0 saturated carbocycles. The lowest BCUT2D eigenvalue weighted by Gasteiger charge is -2.15. The average Bonchev–Trinajstić information content (AvgIpc) is 2.61. The van der Waals surface area contributed by atoms with Crippen molar-refractivity contribution in [3.05, 3.63) is 58.1 Å². The van der Waals surface area contributed by atoms with Crippen molar-refractivity contribution in [3.8, 4) is 11.5 Å². The number of hydrogen-bond acceptors (Lipinski definition) is 4. The van der Waals surface area contributed by atoms with Crippen LogP contribution in [0.25, 0.3) is 0 Å². The van der Waals surface area contributed by atoms with E-state index in [0.29, 0.717) is 29.7 Å². The summed E-state index contributed by atoms with van der Waals surface area (Å²) in [5, 5.41) is 3.26. The molecule has 0 aromatic heterocycles. The molecule has 2 aromatic rings. The Kier molecular flexibility index (Phi) is 8.72. The lowest BCUT2D eigenvalue weighted by atomic mass is 10.1. The fourth-order valence-corrected chi connectivity index (χ4v) is 2.67. The summed E-state index contributed by atoms with van der Waals surface area (Å²) in [6.45, 7) is 4.63. The molecule has 2 rings (SSSR count). The van der Waals surface area contributed by atoms with Crippen molar-refractivity contribution in [1.29, 1.82) is 0 Å². The topological polar surface area (TPSA) is 73.6 Å². The predicted molar refractivity (Wildman–Crippen MR) is 106 cm³/mol. The molecule has 1 unspecified atom stereocenters. The lowest BCUT2D eigenvalue weighted by Crippen LogP contribution is -2.33. The molecule has 3 N–H and O–H groups in total. The molecule has 2 aromatic carbocycles. The molecule has 0 spiro atoms. The van der Waals surface area contributed by atoms with Crippen molar-refractivity contribution in [2.24, 2.45) is 5.73 Å². The van der Waals surface area contributed by atoms with Crippen molar-refractivity contribution in [3.63, 3.8) is 0 Å². The van der Waals surface area contributed by atoms with E-state index in [0.717, 1.165) is 16.7 Å². The van der Waals surface area contributed by atoms with Gasteiger partial charge in [0.15, 0.2) is 11.5 Å². The van der Waals surface area contributed by atoms with E-state index in [1.807, 2.05) is 38.1 Å². The smallest absolute Gasteiger partial charge is 0.241 e. The van der Waals surface area contributed by atoms with Crippen LogP contribution in [-0.2, 0) is 11.3 Å². The number of hydrogen-bond donors (Lipinski definition) is 2. The number of nitrogens with two attached hydrogens (primary N) is 1. The van der Waals surface area contributed by atoms with E-state index in [1.54, 1.807) is 19.2 Å². The van der Waals surface area contributed by atoms with E-state index in [-0.39, 0.29) is 18.3 Å². The highest BCUT2D eigenvalue weighted by Gasteiger charge is 2.16. The van der Waals surface area contributed by atoms with Gasteiger partial charge in [-0.15, -0.1) is 12.4 Å². The van der Waals surface area contributed by atoms with Gasteiger partial charge in [-0.2, -0.15) is 0 Å². The molecule has 0 saturated heterocycles. The summed E-state index contributed by atoms with van der Waals surface area (Å²) in [4.78, 5) is 12.3. The molecule has 0 heterocycles. The van der Waals surface area contributed by atoms with Gasteiger partial charge in [0.25, 0.3) is 0 Å². The molecule has 0 aliphatic heterocycles. The molecule has 0 aliphatic rings. The van der Waals surface area contributed by atoms with E-state index in [9.17, 15) is 4.79 Å². The van der Waals surface area contributed by atoms with Gasteiger partial charge in [0, 0.05) is 6.54 Å². The molecule has 0 bridgehead atoms. The molecular formula is C19H24Cl2N2O3. The Morgan fingerprint density at radius 2 is 1.92 bits per heavy atom. The Labute approximate surface area is 165 Å². The molecule has 5 nitrogen and oxygen atoms in total. The number of amides is 1.